The molecule has 1 unspecified atom stereocenters. The number of hydrogen-bond donors (Lipinski definition) is 2. The molecule has 4 rings (SSSR count). The van der Waals surface area contributed by atoms with E-state index in [0.717, 1.165) is 50.6 Å². The van der Waals surface area contributed by atoms with Gasteiger partial charge in [-0.25, -0.2) is 22.9 Å². The minimum Gasteiger partial charge on any atom is -0.444 e. The Hall–Kier alpha value is -2.55. The topological polar surface area (TPSA) is 100 Å². The van der Waals surface area contributed by atoms with Gasteiger partial charge in [-0.1, -0.05) is 6.07 Å². The zero-order valence-corrected chi connectivity index (χ0v) is 24.8. The normalized spacial score (nSPS) is 22.7. The molecule has 8 nitrogen and oxygen atoms in total. The van der Waals surface area contributed by atoms with E-state index >= 15 is 0 Å². The molecule has 210 valence electrons. The zero-order valence-electron chi connectivity index (χ0n) is 24.0. The minimum atomic E-state index is -3.30. The van der Waals surface area contributed by atoms with Gasteiger partial charge in [0.2, 0.25) is 0 Å². The van der Waals surface area contributed by atoms with Crippen LogP contribution in [0.3, 0.4) is 0 Å². The molecule has 1 aromatic carbocycles. The molecule has 1 aliphatic heterocycles. The van der Waals surface area contributed by atoms with Crippen molar-refractivity contribution < 1.29 is 18.5 Å². The fraction of sp³-hybridized carbons (Fsp3) is 0.655. The number of benzene rings is 1. The number of aryl methyl sites for hydroxylation is 2. The highest BCUT2D eigenvalue weighted by atomic mass is 32.2. The molecule has 0 radical (unpaired) electrons. The van der Waals surface area contributed by atoms with E-state index < -0.39 is 38.7 Å². The molecule has 2 aliphatic carbocycles. The Kier molecular flexibility index (Phi) is 7.64. The third-order valence-electron chi connectivity index (χ3n) is 7.27. The third-order valence-corrected chi connectivity index (χ3v) is 9.07. The first-order chi connectivity index (χ1) is 17.6. The standard InChI is InChI=1S/C29H44N4O4S/c1-27(2,3)32-38(36,18-16-29(7)15-10-17-33(29)26(35)37-28(4,5)6)31-25(34)30-24-22-13-8-11-20(22)19-21-12-9-14-23(21)24/h16,18-19H,8-15,17H2,1-7H3,(H2,30,31,32,34,36)/b18-16+/t29-,38?/m0/s1. The number of anilines is 1. The fourth-order valence-corrected chi connectivity index (χ4v) is 7.53. The smallest absolute Gasteiger partial charge is 0.410 e. The van der Waals surface area contributed by atoms with Crippen molar-refractivity contribution >= 4 is 27.7 Å². The van der Waals surface area contributed by atoms with Crippen LogP contribution in [0.2, 0.25) is 0 Å². The van der Waals surface area contributed by atoms with Gasteiger partial charge in [0.15, 0.2) is 9.92 Å². The van der Waals surface area contributed by atoms with E-state index in [4.69, 9.17) is 4.74 Å². The Morgan fingerprint density at radius 3 is 2.18 bits per heavy atom. The summed E-state index contributed by atoms with van der Waals surface area (Å²) >= 11 is 0. The number of ether oxygens (including phenoxy) is 1. The van der Waals surface area contributed by atoms with Gasteiger partial charge < -0.3 is 10.1 Å². The highest BCUT2D eigenvalue weighted by Gasteiger charge is 2.40. The van der Waals surface area contributed by atoms with Crippen LogP contribution in [0.4, 0.5) is 15.3 Å². The van der Waals surface area contributed by atoms with E-state index in [-0.39, 0.29) is 0 Å². The summed E-state index contributed by atoms with van der Waals surface area (Å²) in [5.41, 5.74) is 3.98. The van der Waals surface area contributed by atoms with Crippen LogP contribution >= 0.6 is 0 Å². The third kappa shape index (κ3) is 6.53. The summed E-state index contributed by atoms with van der Waals surface area (Å²) in [5, 5.41) is 4.54. The summed E-state index contributed by atoms with van der Waals surface area (Å²) < 4.78 is 26.9. The second-order valence-electron chi connectivity index (χ2n) is 13.0. The summed E-state index contributed by atoms with van der Waals surface area (Å²) in [4.78, 5) is 27.9. The largest absolute Gasteiger partial charge is 0.444 e. The molecule has 3 aliphatic rings. The molecule has 0 spiro atoms. The molecule has 2 atom stereocenters. The number of urea groups is 1. The number of fused-ring (bicyclic) bond motifs is 2. The Morgan fingerprint density at radius 1 is 1.03 bits per heavy atom. The minimum absolute atomic E-state index is 0.404. The molecule has 0 bridgehead atoms. The first kappa shape index (κ1) is 28.5. The van der Waals surface area contributed by atoms with E-state index in [9.17, 15) is 13.8 Å². The Bertz CT molecular complexity index is 1230. The van der Waals surface area contributed by atoms with Crippen molar-refractivity contribution in [2.45, 2.75) is 117 Å². The number of rotatable bonds is 4. The van der Waals surface area contributed by atoms with E-state index in [2.05, 4.69) is 20.5 Å². The second-order valence-corrected chi connectivity index (χ2v) is 14.8. The van der Waals surface area contributed by atoms with E-state index in [1.807, 2.05) is 48.5 Å². The molecule has 3 amide bonds. The monoisotopic (exact) mass is 544 g/mol. The maximum absolute atomic E-state index is 14.1. The van der Waals surface area contributed by atoms with Gasteiger partial charge in [-0.05, 0) is 128 Å². The molecular weight excluding hydrogens is 500 g/mol. The molecule has 2 N–H and O–H groups in total. The number of likely N-dealkylation sites (tertiary alicyclic amines) is 1. The summed E-state index contributed by atoms with van der Waals surface area (Å²) in [5.74, 6) is 0. The number of nitrogens with zero attached hydrogens (tertiary/aromatic N) is 2. The zero-order chi connectivity index (χ0) is 27.9. The molecule has 9 heteroatoms. The highest BCUT2D eigenvalue weighted by Crippen LogP contribution is 2.38. The van der Waals surface area contributed by atoms with Crippen molar-refractivity contribution in [3.63, 3.8) is 0 Å². The lowest BCUT2D eigenvalue weighted by molar-refractivity contribution is 0.0169. The molecule has 0 saturated carbocycles. The van der Waals surface area contributed by atoms with Gasteiger partial charge in [0.05, 0.1) is 11.1 Å². The molecule has 1 heterocycles. The van der Waals surface area contributed by atoms with E-state index in [1.54, 1.807) is 11.0 Å². The summed E-state index contributed by atoms with van der Waals surface area (Å²) in [6.45, 7) is 13.5. The highest BCUT2D eigenvalue weighted by molar-refractivity contribution is 7.95. The maximum atomic E-state index is 14.1. The number of nitrogens with one attached hydrogen (secondary N) is 2. The van der Waals surface area contributed by atoms with Crippen LogP contribution in [0.5, 0.6) is 0 Å². The van der Waals surface area contributed by atoms with Crippen molar-refractivity contribution in [3.05, 3.63) is 39.8 Å². The summed E-state index contributed by atoms with van der Waals surface area (Å²) in [7, 11) is -3.30. The second kappa shape index (κ2) is 10.2. The van der Waals surface area contributed by atoms with E-state index in [1.165, 1.54) is 27.7 Å². The van der Waals surface area contributed by atoms with Gasteiger partial charge >= 0.3 is 12.1 Å². The molecule has 38 heavy (non-hydrogen) atoms. The van der Waals surface area contributed by atoms with Gasteiger partial charge in [-0.15, -0.1) is 0 Å². The van der Waals surface area contributed by atoms with Crippen molar-refractivity contribution in [2.24, 2.45) is 4.36 Å². The first-order valence-electron chi connectivity index (χ1n) is 13.8. The average molecular weight is 545 g/mol. The van der Waals surface area contributed by atoms with Crippen LogP contribution in [0.15, 0.2) is 21.9 Å². The fourth-order valence-electron chi connectivity index (χ4n) is 5.75. The van der Waals surface area contributed by atoms with Gasteiger partial charge in [0.1, 0.15) is 5.60 Å². The average Bonchev–Trinajstić information content (AvgIpc) is 3.49. The molecule has 0 aromatic heterocycles. The van der Waals surface area contributed by atoms with Crippen molar-refractivity contribution in [1.82, 2.24) is 9.62 Å². The lowest BCUT2D eigenvalue weighted by Crippen LogP contribution is -2.46. The molecule has 1 saturated heterocycles. The van der Waals surface area contributed by atoms with Crippen molar-refractivity contribution in [1.29, 1.82) is 0 Å². The van der Waals surface area contributed by atoms with Gasteiger partial charge in [0.25, 0.3) is 0 Å². The van der Waals surface area contributed by atoms with Crippen LogP contribution in [-0.4, -0.2) is 44.5 Å². The Morgan fingerprint density at radius 2 is 1.63 bits per heavy atom. The van der Waals surface area contributed by atoms with Crippen molar-refractivity contribution in [2.75, 3.05) is 11.9 Å². The van der Waals surface area contributed by atoms with Gasteiger partial charge in [-0.3, -0.25) is 4.90 Å². The number of amides is 3. The number of carbonyl (C=O) groups is 2. The van der Waals surface area contributed by atoms with Crippen molar-refractivity contribution in [3.8, 4) is 0 Å². The molecule has 1 aromatic rings. The number of carbonyl (C=O) groups excluding carboxylic acids is 2. The Balaban J connectivity index is 1.60. The lowest BCUT2D eigenvalue weighted by atomic mass is 9.99. The van der Waals surface area contributed by atoms with E-state index in [0.29, 0.717) is 13.0 Å². The van der Waals surface area contributed by atoms with Crippen LogP contribution < -0.4 is 10.0 Å². The molecular formula is C29H44N4O4S. The number of hydrogen-bond acceptors (Lipinski definition) is 5. The Labute approximate surface area is 228 Å². The van der Waals surface area contributed by atoms with Crippen LogP contribution in [-0.2, 0) is 40.3 Å². The van der Waals surface area contributed by atoms with Crippen LogP contribution in [0.25, 0.3) is 0 Å². The SMILES string of the molecule is CC(C)(C)N=S(=O)(/C=C/[C@]1(C)CCCN1C(=O)OC(C)(C)C)NC(=O)Nc1c2c(cc3c1CCC3)CCC2. The van der Waals surface area contributed by atoms with Gasteiger partial charge in [0, 0.05) is 17.6 Å². The first-order valence-corrected chi connectivity index (χ1v) is 15.4. The predicted molar refractivity (Wildman–Crippen MR) is 153 cm³/mol. The quantitative estimate of drug-likeness (QED) is 0.466. The predicted octanol–water partition coefficient (Wildman–Crippen LogP) is 6.27. The summed E-state index contributed by atoms with van der Waals surface area (Å²) in [6.07, 6.45) is 8.96. The van der Waals surface area contributed by atoms with Crippen LogP contribution in [0.1, 0.15) is 96.4 Å². The van der Waals surface area contributed by atoms with Crippen LogP contribution in [0, 0.1) is 0 Å². The summed E-state index contributed by atoms with van der Waals surface area (Å²) in [6, 6.07) is 1.79. The maximum Gasteiger partial charge on any atom is 0.410 e. The lowest BCUT2D eigenvalue weighted by Gasteiger charge is -2.34. The van der Waals surface area contributed by atoms with Gasteiger partial charge in [-0.2, -0.15) is 0 Å². The molecule has 1 fully saturated rings.